The van der Waals surface area contributed by atoms with Gasteiger partial charge in [0, 0.05) is 5.88 Å². The van der Waals surface area contributed by atoms with Gasteiger partial charge in [-0.3, -0.25) is 4.79 Å². The van der Waals surface area contributed by atoms with Gasteiger partial charge in [-0.05, 0) is 23.1 Å². The number of carbonyl (C=O) groups is 1. The molecule has 14 heavy (non-hydrogen) atoms. The number of thiophene rings is 1. The molecule has 0 fully saturated rings. The van der Waals surface area contributed by atoms with Crippen LogP contribution in [0.2, 0.25) is 5.02 Å². The second-order valence-electron chi connectivity index (χ2n) is 2.85. The molecule has 0 aliphatic heterocycles. The average Bonchev–Trinajstić information content (AvgIpc) is 2.63. The summed E-state index contributed by atoms with van der Waals surface area (Å²) in [6, 6.07) is 5.53. The third-order valence-electron chi connectivity index (χ3n) is 2.00. The minimum absolute atomic E-state index is 0.433. The van der Waals surface area contributed by atoms with Crippen molar-refractivity contribution in [2.45, 2.75) is 5.88 Å². The van der Waals surface area contributed by atoms with E-state index in [0.717, 1.165) is 21.9 Å². The summed E-state index contributed by atoms with van der Waals surface area (Å²) in [7, 11) is 0. The highest BCUT2D eigenvalue weighted by Gasteiger charge is 2.08. The lowest BCUT2D eigenvalue weighted by Gasteiger charge is -1.98. The SMILES string of the molecule is O=Cc1cc2c(CCl)ccc(Cl)c2s1. The molecule has 0 spiro atoms. The summed E-state index contributed by atoms with van der Waals surface area (Å²) in [5, 5.41) is 1.66. The Kier molecular flexibility index (Phi) is 2.77. The van der Waals surface area contributed by atoms with Crippen molar-refractivity contribution in [2.24, 2.45) is 0 Å². The van der Waals surface area contributed by atoms with E-state index in [9.17, 15) is 4.79 Å². The summed E-state index contributed by atoms with van der Waals surface area (Å²) in [5.41, 5.74) is 1.01. The Morgan fingerprint density at radius 1 is 1.43 bits per heavy atom. The fourth-order valence-electron chi connectivity index (χ4n) is 1.34. The molecule has 0 unspecified atom stereocenters. The second-order valence-corrected chi connectivity index (χ2v) is 4.61. The van der Waals surface area contributed by atoms with Crippen LogP contribution in [0, 0.1) is 0 Å². The zero-order valence-corrected chi connectivity index (χ0v) is 9.42. The number of hydrogen-bond donors (Lipinski definition) is 0. The summed E-state index contributed by atoms with van der Waals surface area (Å²) in [6.45, 7) is 0. The molecule has 2 aromatic rings. The van der Waals surface area contributed by atoms with Gasteiger partial charge in [0.25, 0.3) is 0 Å². The highest BCUT2D eigenvalue weighted by molar-refractivity contribution is 7.21. The minimum Gasteiger partial charge on any atom is -0.297 e. The van der Waals surface area contributed by atoms with Crippen LogP contribution in [0.3, 0.4) is 0 Å². The zero-order chi connectivity index (χ0) is 10.1. The second kappa shape index (κ2) is 3.89. The lowest BCUT2D eigenvalue weighted by molar-refractivity contribution is 0.112. The van der Waals surface area contributed by atoms with E-state index in [1.807, 2.05) is 18.2 Å². The molecule has 0 bridgehead atoms. The molecule has 0 saturated carbocycles. The van der Waals surface area contributed by atoms with Gasteiger partial charge >= 0.3 is 0 Å². The smallest absolute Gasteiger partial charge is 0.160 e. The van der Waals surface area contributed by atoms with Crippen molar-refractivity contribution in [1.29, 1.82) is 0 Å². The number of halogens is 2. The molecule has 0 amide bonds. The van der Waals surface area contributed by atoms with Crippen molar-refractivity contribution >= 4 is 50.9 Å². The van der Waals surface area contributed by atoms with Crippen molar-refractivity contribution in [2.75, 3.05) is 0 Å². The van der Waals surface area contributed by atoms with Crippen molar-refractivity contribution < 1.29 is 4.79 Å². The molecule has 4 heteroatoms. The molecule has 0 aliphatic rings. The fraction of sp³-hybridized carbons (Fsp3) is 0.100. The first kappa shape index (κ1) is 9.97. The maximum absolute atomic E-state index is 10.6. The molecule has 1 aromatic heterocycles. The Hall–Kier alpha value is -0.570. The molecule has 0 N–H and O–H groups in total. The van der Waals surface area contributed by atoms with Crippen LogP contribution in [0.25, 0.3) is 10.1 Å². The van der Waals surface area contributed by atoms with Crippen LogP contribution in [0.5, 0.6) is 0 Å². The van der Waals surface area contributed by atoms with Crippen LogP contribution in [-0.2, 0) is 5.88 Å². The number of benzene rings is 1. The first-order chi connectivity index (χ1) is 6.76. The zero-order valence-electron chi connectivity index (χ0n) is 7.09. The van der Waals surface area contributed by atoms with Crippen molar-refractivity contribution in [3.8, 4) is 0 Å². The third-order valence-corrected chi connectivity index (χ3v) is 3.81. The van der Waals surface area contributed by atoms with Gasteiger partial charge in [-0.1, -0.05) is 17.7 Å². The van der Waals surface area contributed by atoms with Crippen LogP contribution in [0.15, 0.2) is 18.2 Å². The summed E-state index contributed by atoms with van der Waals surface area (Å²) in [4.78, 5) is 11.3. The van der Waals surface area contributed by atoms with Crippen LogP contribution < -0.4 is 0 Å². The topological polar surface area (TPSA) is 17.1 Å². The average molecular weight is 245 g/mol. The molecule has 0 radical (unpaired) electrons. The maximum atomic E-state index is 10.6. The highest BCUT2D eigenvalue weighted by Crippen LogP contribution is 2.34. The Labute approximate surface area is 95.3 Å². The van der Waals surface area contributed by atoms with E-state index in [0.29, 0.717) is 15.8 Å². The Morgan fingerprint density at radius 2 is 2.21 bits per heavy atom. The van der Waals surface area contributed by atoms with Crippen LogP contribution in [0.1, 0.15) is 15.2 Å². The normalized spacial score (nSPS) is 10.7. The van der Waals surface area contributed by atoms with E-state index in [1.165, 1.54) is 11.3 Å². The van der Waals surface area contributed by atoms with Gasteiger partial charge in [-0.15, -0.1) is 22.9 Å². The summed E-state index contributed by atoms with van der Waals surface area (Å²) < 4.78 is 0.937. The van der Waals surface area contributed by atoms with Crippen LogP contribution in [0.4, 0.5) is 0 Å². The molecule has 1 nitrogen and oxygen atoms in total. The lowest BCUT2D eigenvalue weighted by atomic mass is 10.1. The van der Waals surface area contributed by atoms with Gasteiger partial charge < -0.3 is 0 Å². The van der Waals surface area contributed by atoms with Gasteiger partial charge in [0.1, 0.15) is 0 Å². The number of hydrogen-bond acceptors (Lipinski definition) is 2. The third kappa shape index (κ3) is 1.54. The molecule has 0 saturated heterocycles. The van der Waals surface area contributed by atoms with Gasteiger partial charge in [0.05, 0.1) is 14.6 Å². The summed E-state index contributed by atoms with van der Waals surface area (Å²) in [6.07, 6.45) is 0.832. The Bertz CT molecular complexity index is 490. The molecule has 0 atom stereocenters. The predicted octanol–water partition coefficient (Wildman–Crippen LogP) is 4.11. The maximum Gasteiger partial charge on any atom is 0.160 e. The van der Waals surface area contributed by atoms with Crippen molar-refractivity contribution in [3.63, 3.8) is 0 Å². The number of rotatable bonds is 2. The van der Waals surface area contributed by atoms with Crippen LogP contribution >= 0.6 is 34.5 Å². The quantitative estimate of drug-likeness (QED) is 0.574. The highest BCUT2D eigenvalue weighted by atomic mass is 35.5. The van der Waals surface area contributed by atoms with Crippen molar-refractivity contribution in [3.05, 3.63) is 33.7 Å². The first-order valence-corrected chi connectivity index (χ1v) is 5.71. The predicted molar refractivity (Wildman–Crippen MR) is 61.8 cm³/mol. The Morgan fingerprint density at radius 3 is 2.86 bits per heavy atom. The lowest BCUT2D eigenvalue weighted by Crippen LogP contribution is -1.78. The molecular weight excluding hydrogens is 239 g/mol. The van der Waals surface area contributed by atoms with Gasteiger partial charge in [-0.2, -0.15) is 0 Å². The standard InChI is InChI=1S/C10H6Cl2OS/c11-4-6-1-2-9(12)10-8(6)3-7(5-13)14-10/h1-3,5H,4H2. The van der Waals surface area contributed by atoms with E-state index in [-0.39, 0.29) is 0 Å². The summed E-state index contributed by atoms with van der Waals surface area (Å²) in [5.74, 6) is 0.433. The molecule has 1 heterocycles. The van der Waals surface area contributed by atoms with E-state index in [2.05, 4.69) is 0 Å². The van der Waals surface area contributed by atoms with Gasteiger partial charge in [0.2, 0.25) is 0 Å². The van der Waals surface area contributed by atoms with E-state index in [4.69, 9.17) is 23.2 Å². The number of aldehydes is 1. The van der Waals surface area contributed by atoms with Crippen molar-refractivity contribution in [1.82, 2.24) is 0 Å². The fourth-order valence-corrected chi connectivity index (χ4v) is 2.78. The molecule has 2 rings (SSSR count). The molecule has 72 valence electrons. The van der Waals surface area contributed by atoms with Crippen LogP contribution in [-0.4, -0.2) is 6.29 Å². The molecular formula is C10H6Cl2OS. The number of fused-ring (bicyclic) bond motifs is 1. The van der Waals surface area contributed by atoms with E-state index in [1.54, 1.807) is 0 Å². The Balaban J connectivity index is 2.81. The monoisotopic (exact) mass is 244 g/mol. The summed E-state index contributed by atoms with van der Waals surface area (Å²) >= 11 is 13.2. The van der Waals surface area contributed by atoms with Gasteiger partial charge in [0.15, 0.2) is 6.29 Å². The first-order valence-electron chi connectivity index (χ1n) is 3.98. The van der Waals surface area contributed by atoms with E-state index < -0.39 is 0 Å². The molecule has 1 aromatic carbocycles. The molecule has 0 aliphatic carbocycles. The van der Waals surface area contributed by atoms with Gasteiger partial charge in [-0.25, -0.2) is 0 Å². The minimum atomic E-state index is 0.433. The van der Waals surface area contributed by atoms with E-state index >= 15 is 0 Å². The number of alkyl halides is 1. The number of carbonyl (C=O) groups excluding carboxylic acids is 1. The largest absolute Gasteiger partial charge is 0.297 e.